The van der Waals surface area contributed by atoms with Crippen LogP contribution < -0.4 is 0 Å². The van der Waals surface area contributed by atoms with Crippen LogP contribution in [0.2, 0.25) is 0 Å². The van der Waals surface area contributed by atoms with E-state index in [1.165, 1.54) is 12.8 Å². The highest BCUT2D eigenvalue weighted by Crippen LogP contribution is 2.35. The third-order valence-electron chi connectivity index (χ3n) is 3.52. The van der Waals surface area contributed by atoms with E-state index < -0.39 is 0 Å². The van der Waals surface area contributed by atoms with E-state index in [0.29, 0.717) is 32.1 Å². The Morgan fingerprint density at radius 2 is 2.16 bits per heavy atom. The van der Waals surface area contributed by atoms with Crippen molar-refractivity contribution in [3.05, 3.63) is 11.4 Å². The molecule has 104 valence electrons. The first-order valence-electron chi connectivity index (χ1n) is 6.84. The molecule has 1 heterocycles. The van der Waals surface area contributed by atoms with E-state index in [9.17, 15) is 0 Å². The fraction of sp³-hybridized carbons (Fsp3) is 0.769. The first-order valence-corrected chi connectivity index (χ1v) is 6.84. The van der Waals surface area contributed by atoms with Crippen LogP contribution in [0.5, 0.6) is 0 Å². The molecule has 0 bridgehead atoms. The number of aromatic nitrogens is 3. The van der Waals surface area contributed by atoms with E-state index in [1.807, 2.05) is 4.68 Å². The molecule has 0 aliphatic heterocycles. The Balaban J connectivity index is 2.06. The molecule has 0 saturated heterocycles. The molecule has 6 nitrogen and oxygen atoms in total. The van der Waals surface area contributed by atoms with Gasteiger partial charge in [0, 0.05) is 5.92 Å². The van der Waals surface area contributed by atoms with Gasteiger partial charge in [-0.2, -0.15) is 5.26 Å². The molecular weight excluding hydrogens is 244 g/mol. The number of ether oxygens (including phenoxy) is 1. The minimum Gasteiger partial charge on any atom is -0.394 e. The number of aliphatic hydroxyl groups is 1. The van der Waals surface area contributed by atoms with E-state index in [0.717, 1.165) is 24.2 Å². The summed E-state index contributed by atoms with van der Waals surface area (Å²) in [6.07, 6.45) is 5.11. The van der Waals surface area contributed by atoms with Gasteiger partial charge in [0.25, 0.3) is 0 Å². The molecule has 19 heavy (non-hydrogen) atoms. The standard InChI is InChI=1S/C13H20N4O2/c14-6-5-12-13(11-3-1-2-4-11)17(16-15-12)7-9-19-10-8-18/h11,18H,1-5,7-10H2. The van der Waals surface area contributed by atoms with Crippen LogP contribution in [0.4, 0.5) is 0 Å². The quantitative estimate of drug-likeness (QED) is 0.743. The molecule has 1 fully saturated rings. The van der Waals surface area contributed by atoms with E-state index in [2.05, 4.69) is 16.4 Å². The van der Waals surface area contributed by atoms with Gasteiger partial charge in [-0.3, -0.25) is 0 Å². The van der Waals surface area contributed by atoms with E-state index in [4.69, 9.17) is 15.1 Å². The molecule has 2 rings (SSSR count). The molecule has 0 aromatic carbocycles. The zero-order valence-electron chi connectivity index (χ0n) is 11.1. The summed E-state index contributed by atoms with van der Waals surface area (Å²) in [5.74, 6) is 0.483. The summed E-state index contributed by atoms with van der Waals surface area (Å²) in [5, 5.41) is 25.8. The van der Waals surface area contributed by atoms with Crippen molar-refractivity contribution in [3.8, 4) is 6.07 Å². The summed E-state index contributed by atoms with van der Waals surface area (Å²) >= 11 is 0. The Morgan fingerprint density at radius 1 is 1.37 bits per heavy atom. The van der Waals surface area contributed by atoms with E-state index in [-0.39, 0.29) is 6.61 Å². The molecule has 0 atom stereocenters. The summed E-state index contributed by atoms with van der Waals surface area (Å²) in [4.78, 5) is 0. The first-order chi connectivity index (χ1) is 9.36. The molecule has 1 aromatic rings. The third kappa shape index (κ3) is 3.52. The molecular formula is C13H20N4O2. The Hall–Kier alpha value is -1.45. The average molecular weight is 264 g/mol. The summed E-state index contributed by atoms with van der Waals surface area (Å²) in [5.41, 5.74) is 1.93. The van der Waals surface area contributed by atoms with Crippen LogP contribution in [0.3, 0.4) is 0 Å². The molecule has 0 amide bonds. The number of hydrogen-bond donors (Lipinski definition) is 1. The Bertz CT molecular complexity index is 432. The molecule has 1 aliphatic carbocycles. The lowest BCUT2D eigenvalue weighted by atomic mass is 10.0. The smallest absolute Gasteiger partial charge is 0.100 e. The number of nitriles is 1. The van der Waals surface area contributed by atoms with Crippen molar-refractivity contribution in [1.29, 1.82) is 5.26 Å². The van der Waals surface area contributed by atoms with Gasteiger partial charge >= 0.3 is 0 Å². The predicted octanol–water partition coefficient (Wildman–Crippen LogP) is 1.01. The molecule has 6 heteroatoms. The number of hydrogen-bond acceptors (Lipinski definition) is 5. The van der Waals surface area contributed by atoms with E-state index >= 15 is 0 Å². The van der Waals surface area contributed by atoms with Gasteiger partial charge in [0.2, 0.25) is 0 Å². The van der Waals surface area contributed by atoms with E-state index in [1.54, 1.807) is 0 Å². The van der Waals surface area contributed by atoms with Gasteiger partial charge in [-0.1, -0.05) is 18.1 Å². The van der Waals surface area contributed by atoms with Crippen molar-refractivity contribution in [2.75, 3.05) is 19.8 Å². The van der Waals surface area contributed by atoms with Crippen molar-refractivity contribution < 1.29 is 9.84 Å². The van der Waals surface area contributed by atoms with Crippen molar-refractivity contribution >= 4 is 0 Å². The minimum atomic E-state index is 0.0342. The van der Waals surface area contributed by atoms with Crippen LogP contribution in [-0.2, 0) is 17.7 Å². The summed E-state index contributed by atoms with van der Waals surface area (Å²) in [6, 6.07) is 2.16. The van der Waals surface area contributed by atoms with Crippen molar-refractivity contribution in [2.24, 2.45) is 0 Å². The second-order valence-corrected chi connectivity index (χ2v) is 4.80. The highest BCUT2D eigenvalue weighted by molar-refractivity contribution is 5.19. The van der Waals surface area contributed by atoms with Gasteiger partial charge in [0.1, 0.15) is 5.69 Å². The Kier molecular flexibility index (Phi) is 5.31. The van der Waals surface area contributed by atoms with Crippen molar-refractivity contribution in [3.63, 3.8) is 0 Å². The topological polar surface area (TPSA) is 84.0 Å². The molecule has 1 saturated carbocycles. The zero-order chi connectivity index (χ0) is 13.5. The zero-order valence-corrected chi connectivity index (χ0v) is 11.1. The first kappa shape index (κ1) is 14.0. The summed E-state index contributed by atoms with van der Waals surface area (Å²) < 4.78 is 7.15. The Morgan fingerprint density at radius 3 is 2.84 bits per heavy atom. The van der Waals surface area contributed by atoms with Crippen LogP contribution >= 0.6 is 0 Å². The van der Waals surface area contributed by atoms with Gasteiger partial charge in [0.05, 0.1) is 44.5 Å². The maximum atomic E-state index is 8.86. The second kappa shape index (κ2) is 7.22. The SMILES string of the molecule is N#CCc1nnn(CCOCCO)c1C1CCCC1. The maximum absolute atomic E-state index is 8.86. The fourth-order valence-electron chi connectivity index (χ4n) is 2.69. The van der Waals surface area contributed by atoms with Crippen LogP contribution in [0.15, 0.2) is 0 Å². The molecule has 0 unspecified atom stereocenters. The molecule has 0 radical (unpaired) electrons. The summed E-state index contributed by atoms with van der Waals surface area (Å²) in [6.45, 7) is 1.52. The highest BCUT2D eigenvalue weighted by Gasteiger charge is 2.25. The lowest BCUT2D eigenvalue weighted by Crippen LogP contribution is -2.14. The Labute approximate surface area is 113 Å². The van der Waals surface area contributed by atoms with Crippen molar-refractivity contribution in [2.45, 2.75) is 44.6 Å². The van der Waals surface area contributed by atoms with Crippen LogP contribution in [0, 0.1) is 11.3 Å². The van der Waals surface area contributed by atoms with Crippen LogP contribution in [-0.4, -0.2) is 39.9 Å². The lowest BCUT2D eigenvalue weighted by molar-refractivity contribution is 0.0845. The molecule has 1 N–H and O–H groups in total. The molecule has 1 aliphatic rings. The average Bonchev–Trinajstić information content (AvgIpc) is 3.04. The minimum absolute atomic E-state index is 0.0342. The van der Waals surface area contributed by atoms with Gasteiger partial charge in [0.15, 0.2) is 0 Å². The number of rotatable bonds is 7. The highest BCUT2D eigenvalue weighted by atomic mass is 16.5. The van der Waals surface area contributed by atoms with Crippen LogP contribution in [0.1, 0.15) is 43.0 Å². The number of aliphatic hydroxyl groups excluding tert-OH is 1. The van der Waals surface area contributed by atoms with Crippen molar-refractivity contribution in [1.82, 2.24) is 15.0 Å². The third-order valence-corrected chi connectivity index (χ3v) is 3.52. The number of nitrogens with zero attached hydrogens (tertiary/aromatic N) is 4. The fourth-order valence-corrected chi connectivity index (χ4v) is 2.69. The van der Waals surface area contributed by atoms with Gasteiger partial charge in [-0.25, -0.2) is 4.68 Å². The van der Waals surface area contributed by atoms with Gasteiger partial charge in [-0.15, -0.1) is 5.10 Å². The predicted molar refractivity (Wildman–Crippen MR) is 68.5 cm³/mol. The molecule has 1 aromatic heterocycles. The monoisotopic (exact) mass is 264 g/mol. The second-order valence-electron chi connectivity index (χ2n) is 4.80. The largest absolute Gasteiger partial charge is 0.394 e. The molecule has 0 spiro atoms. The van der Waals surface area contributed by atoms with Gasteiger partial charge < -0.3 is 9.84 Å². The lowest BCUT2D eigenvalue weighted by Gasteiger charge is -2.13. The normalized spacial score (nSPS) is 15.8. The summed E-state index contributed by atoms with van der Waals surface area (Å²) in [7, 11) is 0. The van der Waals surface area contributed by atoms with Gasteiger partial charge in [-0.05, 0) is 12.8 Å². The maximum Gasteiger partial charge on any atom is 0.100 e. The van der Waals surface area contributed by atoms with Crippen LogP contribution in [0.25, 0.3) is 0 Å².